The Morgan fingerprint density at radius 1 is 1.89 bits per heavy atom. The minimum Gasteiger partial charge on any atom is -0.480 e. The van der Waals surface area contributed by atoms with E-state index in [0.717, 1.165) is 0 Å². The zero-order valence-electron chi connectivity index (χ0n) is 5.03. The van der Waals surface area contributed by atoms with Gasteiger partial charge in [0.25, 0.3) is 0 Å². The van der Waals surface area contributed by atoms with Crippen LogP contribution in [-0.4, -0.2) is 11.1 Å². The number of hydrogen-bond acceptors (Lipinski definition) is 2. The summed E-state index contributed by atoms with van der Waals surface area (Å²) in [5.74, 6) is -2.09. The molecule has 1 unspecified atom stereocenters. The molecule has 48 valence electrons. The lowest BCUT2D eigenvalue weighted by Crippen LogP contribution is -2.07. The third-order valence-corrected chi connectivity index (χ3v) is 0.790. The highest BCUT2D eigenvalue weighted by molar-refractivity contribution is 5.75. The molecule has 0 aromatic carbocycles. The maximum atomic E-state index is 10.0. The number of hydrogen-bond donors (Lipinski definition) is 1. The molecule has 0 saturated carbocycles. The van der Waals surface area contributed by atoms with Gasteiger partial charge in [-0.15, -0.1) is 0 Å². The van der Waals surface area contributed by atoms with Gasteiger partial charge in [0.05, 0.1) is 6.07 Å². The van der Waals surface area contributed by atoms with Crippen LogP contribution in [-0.2, 0) is 4.79 Å². The molecule has 9 heavy (non-hydrogen) atoms. The quantitative estimate of drug-likeness (QED) is 0.555. The highest BCUT2D eigenvalue weighted by Gasteiger charge is 2.10. The second-order valence-corrected chi connectivity index (χ2v) is 1.47. The average Bonchev–Trinajstić information content (AvgIpc) is 1.82. The summed E-state index contributed by atoms with van der Waals surface area (Å²) < 4.78 is 0. The first-order chi connectivity index (χ1) is 4.22. The van der Waals surface area contributed by atoms with Gasteiger partial charge in [-0.05, 0) is 6.92 Å². The Hall–Kier alpha value is -1.30. The molecular weight excluding hydrogens is 118 g/mol. The minimum absolute atomic E-state index is 0.991. The van der Waals surface area contributed by atoms with Gasteiger partial charge < -0.3 is 5.11 Å². The van der Waals surface area contributed by atoms with Crippen molar-refractivity contribution in [3.8, 4) is 6.07 Å². The maximum Gasteiger partial charge on any atom is 0.324 e. The Labute approximate surface area is 53.2 Å². The summed E-state index contributed by atoms with van der Waals surface area (Å²) in [6.45, 7) is 1.67. The van der Waals surface area contributed by atoms with E-state index in [-0.39, 0.29) is 0 Å². The number of aliphatic carboxylic acids is 1. The number of nitriles is 1. The monoisotopic (exact) mass is 125 g/mol. The fraction of sp³-hybridized carbons (Fsp3) is 0.333. The normalized spacial score (nSPS) is 12.9. The second kappa shape index (κ2) is 3.67. The van der Waals surface area contributed by atoms with Gasteiger partial charge in [0.2, 0.25) is 0 Å². The number of carboxylic acids is 1. The molecule has 0 aliphatic heterocycles. The van der Waals surface area contributed by atoms with Crippen LogP contribution in [0.2, 0.25) is 0 Å². The fourth-order valence-electron chi connectivity index (χ4n) is 0.373. The van der Waals surface area contributed by atoms with Crippen LogP contribution in [0.1, 0.15) is 6.92 Å². The van der Waals surface area contributed by atoms with Crippen molar-refractivity contribution < 1.29 is 9.90 Å². The highest BCUT2D eigenvalue weighted by Crippen LogP contribution is 1.95. The van der Waals surface area contributed by atoms with Gasteiger partial charge >= 0.3 is 5.97 Å². The van der Waals surface area contributed by atoms with Crippen LogP contribution < -0.4 is 0 Å². The molecule has 0 aliphatic rings. The summed E-state index contributed by atoms with van der Waals surface area (Å²) in [5.41, 5.74) is 0. The van der Waals surface area contributed by atoms with E-state index in [1.54, 1.807) is 19.1 Å². The van der Waals surface area contributed by atoms with E-state index in [1.807, 2.05) is 0 Å². The summed E-state index contributed by atoms with van der Waals surface area (Å²) in [5, 5.41) is 16.4. The third-order valence-electron chi connectivity index (χ3n) is 0.790. The highest BCUT2D eigenvalue weighted by atomic mass is 16.4. The van der Waals surface area contributed by atoms with Crippen molar-refractivity contribution in [3.63, 3.8) is 0 Å². The lowest BCUT2D eigenvalue weighted by molar-refractivity contribution is -0.138. The molecule has 0 spiro atoms. The van der Waals surface area contributed by atoms with E-state index >= 15 is 0 Å². The van der Waals surface area contributed by atoms with Crippen LogP contribution in [0.3, 0.4) is 0 Å². The second-order valence-electron chi connectivity index (χ2n) is 1.47. The summed E-state index contributed by atoms with van der Waals surface area (Å²) >= 11 is 0. The zero-order valence-corrected chi connectivity index (χ0v) is 5.03. The van der Waals surface area contributed by atoms with Gasteiger partial charge in [-0.25, -0.2) is 0 Å². The third kappa shape index (κ3) is 2.50. The van der Waals surface area contributed by atoms with Gasteiger partial charge in [0, 0.05) is 0 Å². The Morgan fingerprint density at radius 2 is 2.44 bits per heavy atom. The molecule has 0 bridgehead atoms. The van der Waals surface area contributed by atoms with Crippen molar-refractivity contribution in [2.75, 3.05) is 0 Å². The van der Waals surface area contributed by atoms with Gasteiger partial charge in [-0.3, -0.25) is 4.79 Å². The van der Waals surface area contributed by atoms with E-state index in [2.05, 4.69) is 0 Å². The summed E-state index contributed by atoms with van der Waals surface area (Å²) in [6.07, 6.45) is 2.88. The molecule has 0 fully saturated rings. The predicted molar refractivity (Wildman–Crippen MR) is 31.6 cm³/mol. The largest absolute Gasteiger partial charge is 0.480 e. The van der Waals surface area contributed by atoms with Crippen molar-refractivity contribution in [2.45, 2.75) is 6.92 Å². The van der Waals surface area contributed by atoms with Crippen molar-refractivity contribution in [3.05, 3.63) is 12.2 Å². The van der Waals surface area contributed by atoms with Crippen LogP contribution >= 0.6 is 0 Å². The number of allylic oxidation sites excluding steroid dienone is 1. The maximum absolute atomic E-state index is 10.0. The molecule has 0 heterocycles. The van der Waals surface area contributed by atoms with Crippen LogP contribution in [0.5, 0.6) is 0 Å². The first-order valence-corrected chi connectivity index (χ1v) is 2.47. The fourth-order valence-corrected chi connectivity index (χ4v) is 0.373. The zero-order chi connectivity index (χ0) is 7.28. The summed E-state index contributed by atoms with van der Waals surface area (Å²) in [6, 6.07) is 1.62. The average molecular weight is 125 g/mol. The number of carbonyl (C=O) groups is 1. The van der Waals surface area contributed by atoms with E-state index in [4.69, 9.17) is 10.4 Å². The number of nitrogens with zero attached hydrogens (tertiary/aromatic N) is 1. The molecule has 0 aliphatic carbocycles. The Balaban J connectivity index is 4.04. The van der Waals surface area contributed by atoms with Crippen LogP contribution in [0.15, 0.2) is 12.2 Å². The Bertz CT molecular complexity index is 166. The van der Waals surface area contributed by atoms with E-state index < -0.39 is 11.9 Å². The van der Waals surface area contributed by atoms with E-state index in [0.29, 0.717) is 0 Å². The van der Waals surface area contributed by atoms with Gasteiger partial charge in [0.15, 0.2) is 5.92 Å². The SMILES string of the molecule is C/C=C/C(C#N)C(=O)O. The number of rotatable bonds is 2. The summed E-state index contributed by atoms with van der Waals surface area (Å²) in [4.78, 5) is 10.0. The van der Waals surface area contributed by atoms with Gasteiger partial charge in [-0.2, -0.15) is 5.26 Å². The predicted octanol–water partition coefficient (Wildman–Crippen LogP) is 0.787. The van der Waals surface area contributed by atoms with Crippen molar-refractivity contribution >= 4 is 5.97 Å². The van der Waals surface area contributed by atoms with E-state index in [9.17, 15) is 4.79 Å². The number of carboxylic acid groups (broad SMARTS) is 1. The molecule has 1 N–H and O–H groups in total. The lowest BCUT2D eigenvalue weighted by Gasteiger charge is -1.90. The minimum atomic E-state index is -1.10. The van der Waals surface area contributed by atoms with Crippen molar-refractivity contribution in [1.82, 2.24) is 0 Å². The van der Waals surface area contributed by atoms with Crippen molar-refractivity contribution in [2.24, 2.45) is 5.92 Å². The van der Waals surface area contributed by atoms with Gasteiger partial charge in [-0.1, -0.05) is 12.2 Å². The van der Waals surface area contributed by atoms with Crippen LogP contribution in [0, 0.1) is 17.2 Å². The van der Waals surface area contributed by atoms with Crippen LogP contribution in [0.4, 0.5) is 0 Å². The molecular formula is C6H7NO2. The first kappa shape index (κ1) is 7.70. The van der Waals surface area contributed by atoms with Gasteiger partial charge in [0.1, 0.15) is 0 Å². The molecule has 3 nitrogen and oxygen atoms in total. The van der Waals surface area contributed by atoms with Crippen molar-refractivity contribution in [1.29, 1.82) is 5.26 Å². The molecule has 0 aromatic rings. The standard InChI is InChI=1S/C6H7NO2/c1-2-3-5(4-7)6(8)9/h2-3,5H,1H3,(H,8,9)/b3-2+. The first-order valence-electron chi connectivity index (χ1n) is 2.47. The lowest BCUT2D eigenvalue weighted by atomic mass is 10.2. The van der Waals surface area contributed by atoms with Crippen LogP contribution in [0.25, 0.3) is 0 Å². The Kier molecular flexibility index (Phi) is 3.14. The molecule has 0 aromatic heterocycles. The molecule has 0 amide bonds. The molecule has 0 saturated heterocycles. The Morgan fingerprint density at radius 3 is 2.56 bits per heavy atom. The smallest absolute Gasteiger partial charge is 0.324 e. The molecule has 0 radical (unpaired) electrons. The molecule has 0 rings (SSSR count). The van der Waals surface area contributed by atoms with E-state index in [1.165, 1.54) is 6.08 Å². The summed E-state index contributed by atoms with van der Waals surface area (Å²) in [7, 11) is 0. The molecule has 3 heteroatoms. The topological polar surface area (TPSA) is 61.1 Å². The molecule has 1 atom stereocenters.